The molecule has 0 bridgehead atoms. The number of nitrogens with zero attached hydrogens (tertiary/aromatic N) is 1. The van der Waals surface area contributed by atoms with E-state index in [1.54, 1.807) is 0 Å². The fraction of sp³-hybridized carbons (Fsp3) is 0.875. The van der Waals surface area contributed by atoms with Gasteiger partial charge in [-0.15, -0.1) is 12.4 Å². The Morgan fingerprint density at radius 1 is 1.00 bits per heavy atom. The highest BCUT2D eigenvalue weighted by atomic mass is 35.5. The average Bonchev–Trinajstić information content (AvgIpc) is 3.05. The summed E-state index contributed by atoms with van der Waals surface area (Å²) in [5.41, 5.74) is 0. The molecule has 2 aliphatic rings. The molecule has 2 unspecified atom stereocenters. The van der Waals surface area contributed by atoms with Crippen LogP contribution < -0.4 is 10.6 Å². The first-order valence-corrected chi connectivity index (χ1v) is 8.51. The van der Waals surface area contributed by atoms with Gasteiger partial charge >= 0.3 is 0 Å². The summed E-state index contributed by atoms with van der Waals surface area (Å²) in [4.78, 5) is 27.0. The highest BCUT2D eigenvalue weighted by Gasteiger charge is 2.38. The highest BCUT2D eigenvalue weighted by Crippen LogP contribution is 2.32. The number of amides is 2. The number of hydrogen-bond donors (Lipinski definition) is 2. The standard InChI is InChI=1S/C16H29N3O2.ClH/c1-2-17-9-10-18-15(20)13-7-3-4-8-14(13)16(21)19-11-5-6-12-19;/h13-14,17H,2-12H2,1H3,(H,18,20);1H. The molecule has 1 heterocycles. The van der Waals surface area contributed by atoms with Gasteiger partial charge in [0.1, 0.15) is 0 Å². The Morgan fingerprint density at radius 3 is 2.27 bits per heavy atom. The molecule has 0 aromatic rings. The number of carbonyl (C=O) groups excluding carboxylic acids is 2. The second-order valence-corrected chi connectivity index (χ2v) is 6.17. The molecule has 2 rings (SSSR count). The summed E-state index contributed by atoms with van der Waals surface area (Å²) < 4.78 is 0. The van der Waals surface area contributed by atoms with Crippen LogP contribution in [0.1, 0.15) is 45.4 Å². The van der Waals surface area contributed by atoms with Crippen molar-refractivity contribution >= 4 is 24.2 Å². The Labute approximate surface area is 140 Å². The first kappa shape index (κ1) is 19.2. The van der Waals surface area contributed by atoms with Gasteiger partial charge in [0.05, 0.1) is 0 Å². The lowest BCUT2D eigenvalue weighted by Gasteiger charge is -2.32. The van der Waals surface area contributed by atoms with E-state index in [1.165, 1.54) is 0 Å². The van der Waals surface area contributed by atoms with Crippen LogP contribution in [-0.2, 0) is 9.59 Å². The molecule has 6 heteroatoms. The molecule has 1 aliphatic heterocycles. The number of rotatable bonds is 6. The van der Waals surface area contributed by atoms with E-state index in [9.17, 15) is 9.59 Å². The summed E-state index contributed by atoms with van der Waals surface area (Å²) in [5, 5.41) is 6.19. The Bertz CT molecular complexity index is 359. The van der Waals surface area contributed by atoms with Crippen LogP contribution in [0, 0.1) is 11.8 Å². The van der Waals surface area contributed by atoms with Crippen LogP contribution in [0.2, 0.25) is 0 Å². The predicted octanol–water partition coefficient (Wildman–Crippen LogP) is 1.56. The van der Waals surface area contributed by atoms with E-state index >= 15 is 0 Å². The minimum Gasteiger partial charge on any atom is -0.355 e. The molecule has 22 heavy (non-hydrogen) atoms. The molecule has 1 saturated heterocycles. The number of hydrogen-bond acceptors (Lipinski definition) is 3. The largest absolute Gasteiger partial charge is 0.355 e. The van der Waals surface area contributed by atoms with Gasteiger partial charge in [-0.25, -0.2) is 0 Å². The van der Waals surface area contributed by atoms with Crippen LogP contribution >= 0.6 is 12.4 Å². The maximum atomic E-state index is 12.6. The lowest BCUT2D eigenvalue weighted by atomic mass is 9.78. The predicted molar refractivity (Wildman–Crippen MR) is 90.1 cm³/mol. The minimum absolute atomic E-state index is 0. The van der Waals surface area contributed by atoms with Crippen LogP contribution in [0.3, 0.4) is 0 Å². The quantitative estimate of drug-likeness (QED) is 0.726. The van der Waals surface area contributed by atoms with Crippen LogP contribution in [-0.4, -0.2) is 49.4 Å². The Hall–Kier alpha value is -0.810. The summed E-state index contributed by atoms with van der Waals surface area (Å²) in [6, 6.07) is 0. The SMILES string of the molecule is CCNCCNC(=O)C1CCCCC1C(=O)N1CCCC1.Cl. The molecule has 2 amide bonds. The van der Waals surface area contributed by atoms with E-state index in [1.807, 2.05) is 11.8 Å². The van der Waals surface area contributed by atoms with Crippen molar-refractivity contribution in [2.75, 3.05) is 32.7 Å². The molecule has 0 aromatic heterocycles. The van der Waals surface area contributed by atoms with Crippen molar-refractivity contribution in [1.82, 2.24) is 15.5 Å². The Kier molecular flexibility index (Phi) is 8.79. The average molecular weight is 332 g/mol. The molecule has 2 N–H and O–H groups in total. The Morgan fingerprint density at radius 2 is 1.64 bits per heavy atom. The van der Waals surface area contributed by atoms with E-state index in [0.29, 0.717) is 6.54 Å². The molecule has 5 nitrogen and oxygen atoms in total. The highest BCUT2D eigenvalue weighted by molar-refractivity contribution is 5.88. The maximum Gasteiger partial charge on any atom is 0.226 e. The normalized spacial score (nSPS) is 24.7. The van der Waals surface area contributed by atoms with Crippen molar-refractivity contribution in [1.29, 1.82) is 0 Å². The fourth-order valence-corrected chi connectivity index (χ4v) is 3.49. The summed E-state index contributed by atoms with van der Waals surface area (Å²) in [6.45, 7) is 6.16. The topological polar surface area (TPSA) is 61.4 Å². The number of nitrogens with one attached hydrogen (secondary N) is 2. The molecular weight excluding hydrogens is 302 g/mol. The summed E-state index contributed by atoms with van der Waals surface area (Å²) in [6.07, 6.45) is 6.09. The maximum absolute atomic E-state index is 12.6. The number of carbonyl (C=O) groups is 2. The third kappa shape index (κ3) is 5.13. The van der Waals surface area contributed by atoms with E-state index in [-0.39, 0.29) is 36.1 Å². The van der Waals surface area contributed by atoms with Crippen LogP contribution in [0.25, 0.3) is 0 Å². The number of likely N-dealkylation sites (N-methyl/N-ethyl adjacent to an activating group) is 1. The second kappa shape index (κ2) is 10.1. The third-order valence-electron chi connectivity index (χ3n) is 4.69. The summed E-state index contributed by atoms with van der Waals surface area (Å²) in [7, 11) is 0. The van der Waals surface area contributed by atoms with E-state index < -0.39 is 0 Å². The summed E-state index contributed by atoms with van der Waals surface area (Å²) >= 11 is 0. The van der Waals surface area contributed by atoms with Crippen molar-refractivity contribution in [3.63, 3.8) is 0 Å². The second-order valence-electron chi connectivity index (χ2n) is 6.17. The van der Waals surface area contributed by atoms with Gasteiger partial charge in [-0.05, 0) is 32.2 Å². The van der Waals surface area contributed by atoms with Gasteiger partial charge in [0.25, 0.3) is 0 Å². The van der Waals surface area contributed by atoms with Gasteiger partial charge in [-0.3, -0.25) is 9.59 Å². The third-order valence-corrected chi connectivity index (χ3v) is 4.69. The number of halogens is 1. The van der Waals surface area contributed by atoms with Crippen molar-refractivity contribution < 1.29 is 9.59 Å². The van der Waals surface area contributed by atoms with Crippen LogP contribution in [0.5, 0.6) is 0 Å². The molecule has 1 saturated carbocycles. The van der Waals surface area contributed by atoms with Crippen molar-refractivity contribution in [3.8, 4) is 0 Å². The zero-order chi connectivity index (χ0) is 15.1. The molecule has 2 atom stereocenters. The molecular formula is C16H30ClN3O2. The molecule has 0 spiro atoms. The monoisotopic (exact) mass is 331 g/mol. The first-order valence-electron chi connectivity index (χ1n) is 8.51. The smallest absolute Gasteiger partial charge is 0.226 e. The minimum atomic E-state index is -0.117. The van der Waals surface area contributed by atoms with Gasteiger partial charge in [-0.2, -0.15) is 0 Å². The van der Waals surface area contributed by atoms with Gasteiger partial charge < -0.3 is 15.5 Å². The molecule has 0 aromatic carbocycles. The van der Waals surface area contributed by atoms with E-state index in [0.717, 1.165) is 64.7 Å². The van der Waals surface area contributed by atoms with Crippen LogP contribution in [0.15, 0.2) is 0 Å². The lowest BCUT2D eigenvalue weighted by molar-refractivity contribution is -0.142. The van der Waals surface area contributed by atoms with Crippen molar-refractivity contribution in [2.24, 2.45) is 11.8 Å². The molecule has 2 fully saturated rings. The fourth-order valence-electron chi connectivity index (χ4n) is 3.49. The van der Waals surface area contributed by atoms with E-state index in [4.69, 9.17) is 0 Å². The molecule has 128 valence electrons. The first-order chi connectivity index (χ1) is 10.2. The van der Waals surface area contributed by atoms with E-state index in [2.05, 4.69) is 10.6 Å². The van der Waals surface area contributed by atoms with Gasteiger partial charge in [-0.1, -0.05) is 19.8 Å². The van der Waals surface area contributed by atoms with Gasteiger partial charge in [0, 0.05) is 38.0 Å². The van der Waals surface area contributed by atoms with Crippen LogP contribution in [0.4, 0.5) is 0 Å². The molecule has 0 radical (unpaired) electrons. The van der Waals surface area contributed by atoms with Gasteiger partial charge in [0.15, 0.2) is 0 Å². The lowest BCUT2D eigenvalue weighted by Crippen LogP contribution is -2.45. The number of likely N-dealkylation sites (tertiary alicyclic amines) is 1. The molecule has 1 aliphatic carbocycles. The van der Waals surface area contributed by atoms with Gasteiger partial charge in [0.2, 0.25) is 11.8 Å². The zero-order valence-electron chi connectivity index (χ0n) is 13.6. The zero-order valence-corrected chi connectivity index (χ0v) is 14.4. The Balaban J connectivity index is 0.00000242. The summed E-state index contributed by atoms with van der Waals surface area (Å²) in [5.74, 6) is 0.0913. The van der Waals surface area contributed by atoms with Crippen molar-refractivity contribution in [3.05, 3.63) is 0 Å². The van der Waals surface area contributed by atoms with Crippen molar-refractivity contribution in [2.45, 2.75) is 45.4 Å².